The Morgan fingerprint density at radius 2 is 2.07 bits per heavy atom. The van der Waals surface area contributed by atoms with Crippen molar-refractivity contribution in [1.82, 2.24) is 0 Å². The van der Waals surface area contributed by atoms with Crippen LogP contribution in [0.2, 0.25) is 0 Å². The van der Waals surface area contributed by atoms with Gasteiger partial charge in [-0.2, -0.15) is 0 Å². The number of ether oxygens (including phenoxy) is 1. The fraction of sp³-hybridized carbons (Fsp3) is 0.417. The van der Waals surface area contributed by atoms with Gasteiger partial charge in [-0.3, -0.25) is 0 Å². The van der Waals surface area contributed by atoms with Crippen LogP contribution in [0.4, 0.5) is 0 Å². The monoisotopic (exact) mass is 208 g/mol. The van der Waals surface area contributed by atoms with Gasteiger partial charge < -0.3 is 9.84 Å². The Morgan fingerprint density at radius 3 is 2.60 bits per heavy atom. The standard InChI is InChI=1S/C12H16O3/c1-8-4-5-11(6-9(8)2)7-15-10(3)12(13)14/h4-6,10H,7H2,1-3H3,(H,13,14)/t10-/m1/s1. The summed E-state index contributed by atoms with van der Waals surface area (Å²) in [5.74, 6) is -0.932. The summed E-state index contributed by atoms with van der Waals surface area (Å²) in [4.78, 5) is 10.5. The van der Waals surface area contributed by atoms with E-state index in [4.69, 9.17) is 9.84 Å². The van der Waals surface area contributed by atoms with E-state index in [0.29, 0.717) is 6.61 Å². The molecule has 0 heterocycles. The maximum absolute atomic E-state index is 10.5. The number of carbonyl (C=O) groups is 1. The van der Waals surface area contributed by atoms with Crippen molar-refractivity contribution in [1.29, 1.82) is 0 Å². The van der Waals surface area contributed by atoms with E-state index in [1.165, 1.54) is 18.1 Å². The summed E-state index contributed by atoms with van der Waals surface area (Å²) >= 11 is 0. The van der Waals surface area contributed by atoms with Gasteiger partial charge in [-0.25, -0.2) is 4.79 Å². The van der Waals surface area contributed by atoms with Crippen LogP contribution in [0, 0.1) is 13.8 Å². The molecule has 0 radical (unpaired) electrons. The average molecular weight is 208 g/mol. The molecule has 1 rings (SSSR count). The highest BCUT2D eigenvalue weighted by Gasteiger charge is 2.10. The van der Waals surface area contributed by atoms with E-state index < -0.39 is 12.1 Å². The second-order valence-corrected chi connectivity index (χ2v) is 3.71. The summed E-state index contributed by atoms with van der Waals surface area (Å²) in [6, 6.07) is 5.99. The third-order valence-corrected chi connectivity index (χ3v) is 2.42. The first-order valence-corrected chi connectivity index (χ1v) is 4.91. The lowest BCUT2D eigenvalue weighted by Crippen LogP contribution is -2.19. The van der Waals surface area contributed by atoms with Crippen LogP contribution in [0.1, 0.15) is 23.6 Å². The first-order valence-electron chi connectivity index (χ1n) is 4.91. The predicted molar refractivity (Wildman–Crippen MR) is 57.8 cm³/mol. The number of carboxylic acids is 1. The van der Waals surface area contributed by atoms with Crippen molar-refractivity contribution in [3.63, 3.8) is 0 Å². The minimum absolute atomic E-state index is 0.342. The maximum Gasteiger partial charge on any atom is 0.332 e. The van der Waals surface area contributed by atoms with Gasteiger partial charge in [0.15, 0.2) is 6.10 Å². The first-order chi connectivity index (χ1) is 7.00. The Bertz CT molecular complexity index is 358. The molecule has 3 nitrogen and oxygen atoms in total. The zero-order valence-corrected chi connectivity index (χ0v) is 9.28. The van der Waals surface area contributed by atoms with Gasteiger partial charge in [0.05, 0.1) is 6.61 Å². The van der Waals surface area contributed by atoms with Crippen molar-refractivity contribution < 1.29 is 14.6 Å². The lowest BCUT2D eigenvalue weighted by Gasteiger charge is -2.09. The van der Waals surface area contributed by atoms with Gasteiger partial charge in [-0.05, 0) is 37.5 Å². The molecule has 0 aliphatic heterocycles. The van der Waals surface area contributed by atoms with Crippen molar-refractivity contribution in [2.45, 2.75) is 33.5 Å². The molecule has 0 spiro atoms. The molecule has 1 N–H and O–H groups in total. The zero-order valence-electron chi connectivity index (χ0n) is 9.28. The molecule has 3 heteroatoms. The van der Waals surface area contributed by atoms with E-state index in [9.17, 15) is 4.79 Å². The fourth-order valence-corrected chi connectivity index (χ4v) is 1.19. The molecule has 0 bridgehead atoms. The van der Waals surface area contributed by atoms with Gasteiger partial charge in [0, 0.05) is 0 Å². The van der Waals surface area contributed by atoms with E-state index in [1.807, 2.05) is 32.0 Å². The second kappa shape index (κ2) is 4.94. The molecule has 82 valence electrons. The number of hydrogen-bond acceptors (Lipinski definition) is 2. The molecule has 0 aliphatic rings. The van der Waals surface area contributed by atoms with E-state index in [2.05, 4.69) is 0 Å². The van der Waals surface area contributed by atoms with Crippen LogP contribution in [-0.2, 0) is 16.1 Å². The summed E-state index contributed by atoms with van der Waals surface area (Å²) in [6.07, 6.45) is -0.758. The maximum atomic E-state index is 10.5. The van der Waals surface area contributed by atoms with Gasteiger partial charge in [0.1, 0.15) is 0 Å². The Labute approximate surface area is 89.7 Å². The third-order valence-electron chi connectivity index (χ3n) is 2.42. The highest BCUT2D eigenvalue weighted by molar-refractivity contribution is 5.71. The molecule has 1 aromatic carbocycles. The van der Waals surface area contributed by atoms with Gasteiger partial charge in [-0.15, -0.1) is 0 Å². The van der Waals surface area contributed by atoms with Crippen LogP contribution in [0.25, 0.3) is 0 Å². The van der Waals surface area contributed by atoms with E-state index in [0.717, 1.165) is 5.56 Å². The number of aryl methyl sites for hydroxylation is 2. The molecule has 0 saturated heterocycles. The molecule has 0 aliphatic carbocycles. The molecule has 0 fully saturated rings. The van der Waals surface area contributed by atoms with Crippen LogP contribution < -0.4 is 0 Å². The molecule has 0 amide bonds. The van der Waals surface area contributed by atoms with Gasteiger partial charge in [0.25, 0.3) is 0 Å². The van der Waals surface area contributed by atoms with E-state index in [-0.39, 0.29) is 0 Å². The lowest BCUT2D eigenvalue weighted by molar-refractivity contribution is -0.149. The molecule has 1 aromatic rings. The smallest absolute Gasteiger partial charge is 0.332 e. The van der Waals surface area contributed by atoms with Crippen LogP contribution >= 0.6 is 0 Å². The fourth-order valence-electron chi connectivity index (χ4n) is 1.19. The minimum atomic E-state index is -0.932. The number of aliphatic carboxylic acids is 1. The second-order valence-electron chi connectivity index (χ2n) is 3.71. The summed E-state index contributed by atoms with van der Waals surface area (Å²) in [7, 11) is 0. The summed E-state index contributed by atoms with van der Waals surface area (Å²) in [6.45, 7) is 5.94. The lowest BCUT2D eigenvalue weighted by atomic mass is 10.1. The highest BCUT2D eigenvalue weighted by Crippen LogP contribution is 2.11. The number of hydrogen-bond donors (Lipinski definition) is 1. The van der Waals surface area contributed by atoms with Crippen molar-refractivity contribution >= 4 is 5.97 Å². The Kier molecular flexibility index (Phi) is 3.86. The van der Waals surface area contributed by atoms with Crippen molar-refractivity contribution in [3.05, 3.63) is 34.9 Å². The van der Waals surface area contributed by atoms with Crippen LogP contribution in [0.5, 0.6) is 0 Å². The Morgan fingerprint density at radius 1 is 1.40 bits per heavy atom. The topological polar surface area (TPSA) is 46.5 Å². The average Bonchev–Trinajstić information content (AvgIpc) is 2.19. The summed E-state index contributed by atoms with van der Waals surface area (Å²) < 4.78 is 5.18. The highest BCUT2D eigenvalue weighted by atomic mass is 16.5. The SMILES string of the molecule is Cc1ccc(CO[C@H](C)C(=O)O)cc1C. The van der Waals surface area contributed by atoms with Crippen molar-refractivity contribution in [2.75, 3.05) is 0 Å². The third kappa shape index (κ3) is 3.36. The molecule has 1 atom stereocenters. The Hall–Kier alpha value is -1.35. The van der Waals surface area contributed by atoms with Gasteiger partial charge in [0.2, 0.25) is 0 Å². The quantitative estimate of drug-likeness (QED) is 0.825. The molecule has 0 unspecified atom stereocenters. The van der Waals surface area contributed by atoms with E-state index >= 15 is 0 Å². The number of rotatable bonds is 4. The normalized spacial score (nSPS) is 12.5. The molecule has 15 heavy (non-hydrogen) atoms. The van der Waals surface area contributed by atoms with Gasteiger partial charge in [-0.1, -0.05) is 18.2 Å². The van der Waals surface area contributed by atoms with Crippen molar-refractivity contribution in [3.8, 4) is 0 Å². The summed E-state index contributed by atoms with van der Waals surface area (Å²) in [5, 5.41) is 8.63. The summed E-state index contributed by atoms with van der Waals surface area (Å²) in [5.41, 5.74) is 3.43. The van der Waals surface area contributed by atoms with Crippen molar-refractivity contribution in [2.24, 2.45) is 0 Å². The predicted octanol–water partition coefficient (Wildman–Crippen LogP) is 2.29. The number of benzene rings is 1. The molecule has 0 aromatic heterocycles. The van der Waals surface area contributed by atoms with Crippen LogP contribution in [-0.4, -0.2) is 17.2 Å². The molecular formula is C12H16O3. The van der Waals surface area contributed by atoms with Crippen LogP contribution in [0.15, 0.2) is 18.2 Å². The Balaban J connectivity index is 2.58. The zero-order chi connectivity index (χ0) is 11.4. The van der Waals surface area contributed by atoms with Gasteiger partial charge >= 0.3 is 5.97 Å². The van der Waals surface area contributed by atoms with E-state index in [1.54, 1.807) is 0 Å². The largest absolute Gasteiger partial charge is 0.479 e. The van der Waals surface area contributed by atoms with Crippen LogP contribution in [0.3, 0.4) is 0 Å². The number of carboxylic acid groups (broad SMARTS) is 1. The molecule has 0 saturated carbocycles. The molecular weight excluding hydrogens is 192 g/mol. The first kappa shape index (κ1) is 11.7. The minimum Gasteiger partial charge on any atom is -0.479 e.